The first-order valence-electron chi connectivity index (χ1n) is 8.95. The molecule has 0 bridgehead atoms. The van der Waals surface area contributed by atoms with Gasteiger partial charge in [-0.25, -0.2) is 4.39 Å². The second-order valence-corrected chi connectivity index (χ2v) is 6.26. The summed E-state index contributed by atoms with van der Waals surface area (Å²) in [5.41, 5.74) is 1.25. The number of nitrogens with zero attached hydrogens (tertiary/aromatic N) is 2. The number of hydrogen-bond donors (Lipinski definition) is 2. The number of benzene rings is 2. The first-order valence-corrected chi connectivity index (χ1v) is 8.95. The Morgan fingerprint density at radius 2 is 1.53 bits per heavy atom. The van der Waals surface area contributed by atoms with Crippen molar-refractivity contribution in [1.29, 1.82) is 0 Å². The molecule has 4 aromatic rings. The molecule has 0 aliphatic heterocycles. The van der Waals surface area contributed by atoms with E-state index < -0.39 is 17.6 Å². The normalized spacial score (nSPS) is 10.4. The highest BCUT2D eigenvalue weighted by Gasteiger charge is 2.17. The van der Waals surface area contributed by atoms with Crippen molar-refractivity contribution in [2.45, 2.75) is 0 Å². The molecule has 0 atom stereocenters. The van der Waals surface area contributed by atoms with Gasteiger partial charge < -0.3 is 15.2 Å². The van der Waals surface area contributed by atoms with Crippen LogP contribution in [-0.2, 0) is 0 Å². The third-order valence-electron chi connectivity index (χ3n) is 4.18. The van der Waals surface area contributed by atoms with Gasteiger partial charge in [-0.15, -0.1) is 0 Å². The molecule has 148 valence electrons. The van der Waals surface area contributed by atoms with E-state index in [2.05, 4.69) is 20.8 Å². The van der Waals surface area contributed by atoms with Crippen molar-refractivity contribution >= 4 is 23.2 Å². The summed E-state index contributed by atoms with van der Waals surface area (Å²) in [7, 11) is 0. The molecular weight excluding hydrogens is 387 g/mol. The van der Waals surface area contributed by atoms with Crippen LogP contribution in [0.3, 0.4) is 0 Å². The molecule has 0 fully saturated rings. The van der Waals surface area contributed by atoms with Crippen LogP contribution in [-0.4, -0.2) is 22.0 Å². The van der Waals surface area contributed by atoms with Crippen LogP contribution in [0.2, 0.25) is 0 Å². The first kappa shape index (κ1) is 19.0. The number of hydrogen-bond acceptors (Lipinski definition) is 5. The highest BCUT2D eigenvalue weighted by molar-refractivity contribution is 6.09. The lowest BCUT2D eigenvalue weighted by atomic mass is 10.1. The molecule has 0 aliphatic rings. The van der Waals surface area contributed by atoms with Crippen LogP contribution in [0, 0.1) is 5.82 Å². The number of anilines is 2. The minimum absolute atomic E-state index is 0.0140. The van der Waals surface area contributed by atoms with Crippen LogP contribution in [0.4, 0.5) is 15.8 Å². The van der Waals surface area contributed by atoms with Gasteiger partial charge in [0.05, 0.1) is 11.4 Å². The van der Waals surface area contributed by atoms with Crippen molar-refractivity contribution in [2.75, 3.05) is 10.6 Å². The topological polar surface area (TPSA) is 97.1 Å². The third-order valence-corrected chi connectivity index (χ3v) is 4.18. The minimum Gasteiger partial charge on any atom is -0.355 e. The van der Waals surface area contributed by atoms with E-state index in [-0.39, 0.29) is 22.8 Å². The Hall–Kier alpha value is -4.33. The SMILES string of the molecule is O=C(Nc1ccc(F)cc1NC(=O)c1cc(-c2ccccc2)on1)c1ccccn1. The number of pyridine rings is 1. The zero-order chi connectivity index (χ0) is 20.9. The third kappa shape index (κ3) is 4.22. The standard InChI is InChI=1S/C22H15FN4O3/c23-15-9-10-16(25-21(28)17-8-4-5-11-24-17)18(12-15)26-22(29)19-13-20(30-27-19)14-6-2-1-3-7-14/h1-13H,(H,25,28)(H,26,29). The Balaban J connectivity index is 1.54. The van der Waals surface area contributed by atoms with Gasteiger partial charge in [0.15, 0.2) is 11.5 Å². The smallest absolute Gasteiger partial charge is 0.277 e. The van der Waals surface area contributed by atoms with Crippen LogP contribution in [0.5, 0.6) is 0 Å². The fourth-order valence-electron chi connectivity index (χ4n) is 2.72. The molecule has 2 aromatic carbocycles. The number of amides is 2. The summed E-state index contributed by atoms with van der Waals surface area (Å²) in [6.07, 6.45) is 1.48. The van der Waals surface area contributed by atoms with Gasteiger partial charge in [0.1, 0.15) is 11.5 Å². The van der Waals surface area contributed by atoms with E-state index in [1.807, 2.05) is 30.3 Å². The number of carbonyl (C=O) groups excluding carboxylic acids is 2. The molecule has 0 unspecified atom stereocenters. The number of carbonyl (C=O) groups is 2. The second-order valence-electron chi connectivity index (χ2n) is 6.26. The van der Waals surface area contributed by atoms with E-state index in [0.717, 1.165) is 11.6 Å². The molecule has 0 spiro atoms. The minimum atomic E-state index is -0.611. The summed E-state index contributed by atoms with van der Waals surface area (Å²) in [6, 6.07) is 19.2. The number of rotatable bonds is 5. The average molecular weight is 402 g/mol. The van der Waals surface area contributed by atoms with Crippen LogP contribution >= 0.6 is 0 Å². The lowest BCUT2D eigenvalue weighted by Gasteiger charge is -2.11. The predicted molar refractivity (Wildman–Crippen MR) is 108 cm³/mol. The Labute approximate surface area is 170 Å². The summed E-state index contributed by atoms with van der Waals surface area (Å²) in [5, 5.41) is 8.94. The summed E-state index contributed by atoms with van der Waals surface area (Å²) in [4.78, 5) is 28.9. The highest BCUT2D eigenvalue weighted by atomic mass is 19.1. The summed E-state index contributed by atoms with van der Waals surface area (Å²) in [6.45, 7) is 0. The van der Waals surface area contributed by atoms with Gasteiger partial charge in [-0.2, -0.15) is 0 Å². The van der Waals surface area contributed by atoms with Gasteiger partial charge in [0.2, 0.25) is 0 Å². The molecule has 0 saturated heterocycles. The van der Waals surface area contributed by atoms with Gasteiger partial charge in [-0.3, -0.25) is 14.6 Å². The second kappa shape index (κ2) is 8.36. The zero-order valence-corrected chi connectivity index (χ0v) is 15.5. The van der Waals surface area contributed by atoms with E-state index in [9.17, 15) is 14.0 Å². The van der Waals surface area contributed by atoms with Crippen molar-refractivity contribution in [2.24, 2.45) is 0 Å². The largest absolute Gasteiger partial charge is 0.355 e. The lowest BCUT2D eigenvalue weighted by Crippen LogP contribution is -2.17. The molecule has 2 amide bonds. The fourth-order valence-corrected chi connectivity index (χ4v) is 2.72. The van der Waals surface area contributed by atoms with Crippen molar-refractivity contribution in [3.8, 4) is 11.3 Å². The Morgan fingerprint density at radius 3 is 2.30 bits per heavy atom. The molecule has 7 nitrogen and oxygen atoms in total. The van der Waals surface area contributed by atoms with Crippen LogP contribution in [0.1, 0.15) is 21.0 Å². The Bertz CT molecular complexity index is 1190. The average Bonchev–Trinajstić information content (AvgIpc) is 3.27. The van der Waals surface area contributed by atoms with Gasteiger partial charge >= 0.3 is 0 Å². The van der Waals surface area contributed by atoms with Gasteiger partial charge in [0, 0.05) is 17.8 Å². The first-order chi connectivity index (χ1) is 14.6. The summed E-state index contributed by atoms with van der Waals surface area (Å²) in [5.74, 6) is -1.26. The quantitative estimate of drug-likeness (QED) is 0.516. The molecule has 0 aliphatic carbocycles. The maximum Gasteiger partial charge on any atom is 0.277 e. The molecule has 30 heavy (non-hydrogen) atoms. The van der Waals surface area contributed by atoms with E-state index >= 15 is 0 Å². The zero-order valence-electron chi connectivity index (χ0n) is 15.5. The Kier molecular flexibility index (Phi) is 5.29. The van der Waals surface area contributed by atoms with Crippen molar-refractivity contribution in [3.05, 3.63) is 96.2 Å². The Morgan fingerprint density at radius 1 is 0.800 bits per heavy atom. The van der Waals surface area contributed by atoms with Gasteiger partial charge in [0.25, 0.3) is 11.8 Å². The summed E-state index contributed by atoms with van der Waals surface area (Å²) >= 11 is 0. The van der Waals surface area contributed by atoms with E-state index in [4.69, 9.17) is 4.52 Å². The molecule has 2 heterocycles. The van der Waals surface area contributed by atoms with E-state index in [1.54, 1.807) is 12.1 Å². The van der Waals surface area contributed by atoms with Crippen molar-refractivity contribution in [3.63, 3.8) is 0 Å². The molecule has 0 saturated carbocycles. The van der Waals surface area contributed by atoms with Gasteiger partial charge in [-0.1, -0.05) is 41.6 Å². The monoisotopic (exact) mass is 402 g/mol. The van der Waals surface area contributed by atoms with Gasteiger partial charge in [-0.05, 0) is 30.3 Å². The van der Waals surface area contributed by atoms with Crippen LogP contribution in [0.15, 0.2) is 83.5 Å². The van der Waals surface area contributed by atoms with E-state index in [1.165, 1.54) is 30.5 Å². The number of aromatic nitrogens is 2. The highest BCUT2D eigenvalue weighted by Crippen LogP contribution is 2.25. The molecule has 0 radical (unpaired) electrons. The van der Waals surface area contributed by atoms with Crippen LogP contribution < -0.4 is 10.6 Å². The van der Waals surface area contributed by atoms with E-state index in [0.29, 0.717) is 5.76 Å². The molecule has 2 aromatic heterocycles. The van der Waals surface area contributed by atoms with Crippen molar-refractivity contribution in [1.82, 2.24) is 10.1 Å². The molecular formula is C22H15FN4O3. The molecule has 8 heteroatoms. The molecule has 2 N–H and O–H groups in total. The number of nitrogens with one attached hydrogen (secondary N) is 2. The fraction of sp³-hybridized carbons (Fsp3) is 0. The predicted octanol–water partition coefficient (Wildman–Crippen LogP) is 4.38. The lowest BCUT2D eigenvalue weighted by molar-refractivity contribution is 0.100. The summed E-state index contributed by atoms with van der Waals surface area (Å²) < 4.78 is 19.0. The maximum absolute atomic E-state index is 13.8. The van der Waals surface area contributed by atoms with Crippen molar-refractivity contribution < 1.29 is 18.5 Å². The number of halogens is 1. The van der Waals surface area contributed by atoms with Crippen LogP contribution in [0.25, 0.3) is 11.3 Å². The maximum atomic E-state index is 13.8. The molecule has 4 rings (SSSR count).